The molecule has 8 rings (SSSR count). The minimum atomic E-state index is -0.0929. The van der Waals surface area contributed by atoms with E-state index in [4.69, 9.17) is 23.7 Å². The molecule has 0 fully saturated rings. The van der Waals surface area contributed by atoms with Gasteiger partial charge in [0.25, 0.3) is 0 Å². The van der Waals surface area contributed by atoms with Crippen molar-refractivity contribution in [1.29, 1.82) is 0 Å². The second kappa shape index (κ2) is 12.5. The van der Waals surface area contributed by atoms with Crippen molar-refractivity contribution in [2.75, 3.05) is 48.5 Å². The van der Waals surface area contributed by atoms with Gasteiger partial charge in [-0.25, -0.2) is 0 Å². The van der Waals surface area contributed by atoms with Crippen LogP contribution in [0, 0.1) is 0 Å². The lowest BCUT2D eigenvalue weighted by Crippen LogP contribution is -2.34. The molecule has 0 unspecified atom stereocenters. The van der Waals surface area contributed by atoms with Crippen molar-refractivity contribution in [3.63, 3.8) is 0 Å². The van der Waals surface area contributed by atoms with Crippen molar-refractivity contribution in [2.24, 2.45) is 0 Å². The van der Waals surface area contributed by atoms with Crippen LogP contribution >= 0.6 is 0 Å². The number of rotatable bonds is 4. The molecule has 0 radical (unpaired) electrons. The quantitative estimate of drug-likeness (QED) is 0.272. The van der Waals surface area contributed by atoms with Crippen LogP contribution in [0.4, 0.5) is 0 Å². The van der Waals surface area contributed by atoms with Crippen LogP contribution in [0.5, 0.6) is 40.2 Å². The molecule has 1 N–H and O–H groups in total. The maximum atomic E-state index is 10.1. The van der Waals surface area contributed by atoms with Crippen LogP contribution in [-0.4, -0.2) is 63.4 Å². The summed E-state index contributed by atoms with van der Waals surface area (Å²) >= 11 is 0. The molecule has 4 aliphatic rings. The molecule has 4 aliphatic heterocycles. The molecule has 0 aromatic heterocycles. The molecule has 0 aliphatic carbocycles. The molecule has 4 aromatic carbocycles. The third kappa shape index (κ3) is 5.44. The Bertz CT molecular complexity index is 1750. The molecule has 0 saturated heterocycles. The first kappa shape index (κ1) is 30.4. The van der Waals surface area contributed by atoms with E-state index in [0.717, 1.165) is 61.2 Å². The van der Waals surface area contributed by atoms with E-state index in [1.165, 1.54) is 22.3 Å². The van der Waals surface area contributed by atoms with E-state index in [1.54, 1.807) is 21.3 Å². The van der Waals surface area contributed by atoms with E-state index in [0.29, 0.717) is 34.5 Å². The normalized spacial score (nSPS) is 19.3. The van der Waals surface area contributed by atoms with Gasteiger partial charge < -0.3 is 28.8 Å². The summed E-state index contributed by atoms with van der Waals surface area (Å²) in [6.45, 7) is 1.74. The number of methoxy groups -OCH3 is 3. The predicted molar refractivity (Wildman–Crippen MR) is 177 cm³/mol. The fourth-order valence-corrected chi connectivity index (χ4v) is 7.30. The fraction of sp³-hybridized carbons (Fsp3) is 0.368. The van der Waals surface area contributed by atoms with E-state index in [-0.39, 0.29) is 18.7 Å². The first-order chi connectivity index (χ1) is 22.4. The van der Waals surface area contributed by atoms with E-state index < -0.39 is 0 Å². The molecule has 4 heterocycles. The Hall–Kier alpha value is -4.24. The zero-order chi connectivity index (χ0) is 31.9. The van der Waals surface area contributed by atoms with E-state index in [1.807, 2.05) is 18.2 Å². The number of likely N-dealkylation sites (N-methyl/N-ethyl adjacent to an activating group) is 2. The molecule has 240 valence electrons. The third-order valence-electron chi connectivity index (χ3n) is 9.92. The Kier molecular flexibility index (Phi) is 8.27. The number of hydrogen-bond donors (Lipinski definition) is 1. The third-order valence-corrected chi connectivity index (χ3v) is 9.92. The van der Waals surface area contributed by atoms with Gasteiger partial charge in [-0.2, -0.15) is 0 Å². The Morgan fingerprint density at radius 1 is 0.717 bits per heavy atom. The van der Waals surface area contributed by atoms with Crippen LogP contribution in [0.1, 0.15) is 51.0 Å². The second-order valence-corrected chi connectivity index (χ2v) is 12.6. The topological polar surface area (TPSA) is 72.9 Å². The standard InChI is InChI=1S/C38H42N2O6/c1-39-14-12-25-19-33(42-3)34-21-29(25)30(39)17-24-6-9-27(22-41)32(18-24)45-28-10-7-23(8-11-28)16-31-36-26(13-15-40(31)2)20-35(43-4)37(44-5)38(36)46-34/h6-11,18-21,30-31,41H,12-17,22H2,1-5H3/t30-,31+/m1/s1. The summed E-state index contributed by atoms with van der Waals surface area (Å²) in [4.78, 5) is 4.78. The smallest absolute Gasteiger partial charge is 0.204 e. The van der Waals surface area contributed by atoms with Crippen molar-refractivity contribution in [2.45, 2.75) is 44.4 Å². The van der Waals surface area contributed by atoms with Gasteiger partial charge in [0, 0.05) is 36.3 Å². The number of ether oxygens (including phenoxy) is 5. The van der Waals surface area contributed by atoms with Crippen molar-refractivity contribution >= 4 is 0 Å². The monoisotopic (exact) mass is 622 g/mol. The Labute approximate surface area is 271 Å². The number of hydrogen-bond acceptors (Lipinski definition) is 8. The number of aliphatic hydroxyl groups excluding tert-OH is 1. The second-order valence-electron chi connectivity index (χ2n) is 12.6. The molecular weight excluding hydrogens is 580 g/mol. The summed E-state index contributed by atoms with van der Waals surface area (Å²) in [5, 5.41) is 10.1. The predicted octanol–water partition coefficient (Wildman–Crippen LogP) is 6.65. The van der Waals surface area contributed by atoms with E-state index in [9.17, 15) is 5.11 Å². The highest BCUT2D eigenvalue weighted by atomic mass is 16.5. The number of nitrogens with zero attached hydrogens (tertiary/aromatic N) is 2. The zero-order valence-electron chi connectivity index (χ0n) is 27.3. The van der Waals surface area contributed by atoms with Gasteiger partial charge >= 0.3 is 0 Å². The van der Waals surface area contributed by atoms with Crippen LogP contribution in [-0.2, 0) is 32.3 Å². The van der Waals surface area contributed by atoms with Gasteiger partial charge in [-0.1, -0.05) is 24.3 Å². The highest BCUT2D eigenvalue weighted by molar-refractivity contribution is 5.63. The number of benzene rings is 4. The molecule has 2 atom stereocenters. The average molecular weight is 623 g/mol. The van der Waals surface area contributed by atoms with Gasteiger partial charge in [0.05, 0.1) is 27.9 Å². The van der Waals surface area contributed by atoms with E-state index >= 15 is 0 Å². The minimum Gasteiger partial charge on any atom is -0.493 e. The molecule has 8 heteroatoms. The average Bonchev–Trinajstić information content (AvgIpc) is 3.07. The fourth-order valence-electron chi connectivity index (χ4n) is 7.30. The lowest BCUT2D eigenvalue weighted by molar-refractivity contribution is 0.220. The molecule has 0 saturated carbocycles. The van der Waals surface area contributed by atoms with Crippen LogP contribution in [0.2, 0.25) is 0 Å². The first-order valence-electron chi connectivity index (χ1n) is 16.0. The molecule has 4 aromatic rings. The van der Waals surface area contributed by atoms with Crippen LogP contribution in [0.3, 0.4) is 0 Å². The Morgan fingerprint density at radius 2 is 1.39 bits per heavy atom. The first-order valence-corrected chi connectivity index (χ1v) is 16.0. The summed E-state index contributed by atoms with van der Waals surface area (Å²) < 4.78 is 31.3. The highest BCUT2D eigenvalue weighted by Gasteiger charge is 2.34. The van der Waals surface area contributed by atoms with Gasteiger partial charge in [-0.15, -0.1) is 0 Å². The van der Waals surface area contributed by atoms with Crippen molar-refractivity contribution in [1.82, 2.24) is 9.80 Å². The minimum absolute atomic E-state index is 0.0318. The Balaban J connectivity index is 1.46. The number of aliphatic hydroxyl groups is 1. The summed E-state index contributed by atoms with van der Waals surface area (Å²) in [6, 6.07) is 20.9. The molecule has 6 bridgehead atoms. The maximum absolute atomic E-state index is 10.1. The summed E-state index contributed by atoms with van der Waals surface area (Å²) in [5.41, 5.74) is 7.81. The lowest BCUT2D eigenvalue weighted by Gasteiger charge is -2.37. The van der Waals surface area contributed by atoms with Gasteiger partial charge in [-0.3, -0.25) is 9.80 Å². The van der Waals surface area contributed by atoms with Crippen LogP contribution in [0.25, 0.3) is 0 Å². The van der Waals surface area contributed by atoms with Crippen molar-refractivity contribution in [3.8, 4) is 40.2 Å². The largest absolute Gasteiger partial charge is 0.493 e. The number of fused-ring (bicyclic) bond motifs is 2. The summed E-state index contributed by atoms with van der Waals surface area (Å²) in [6.07, 6.45) is 3.31. The lowest BCUT2D eigenvalue weighted by atomic mass is 9.87. The summed E-state index contributed by atoms with van der Waals surface area (Å²) in [5.74, 6) is 4.64. The SMILES string of the molecule is COc1cc2c3cc1Oc1c(OC)c(OC)cc4c1[C@H](Cc1ccc(cc1)Oc1cc(ccc1CO)C[C@H]3N(C)CC2)N(C)CC4. The maximum Gasteiger partial charge on any atom is 0.204 e. The molecule has 8 nitrogen and oxygen atoms in total. The van der Waals surface area contributed by atoms with Gasteiger partial charge in [0.1, 0.15) is 11.5 Å². The van der Waals surface area contributed by atoms with Gasteiger partial charge in [0.15, 0.2) is 23.0 Å². The molecule has 0 spiro atoms. The zero-order valence-corrected chi connectivity index (χ0v) is 27.3. The van der Waals surface area contributed by atoms with E-state index in [2.05, 4.69) is 66.4 Å². The van der Waals surface area contributed by atoms with Gasteiger partial charge in [0.2, 0.25) is 5.75 Å². The highest BCUT2D eigenvalue weighted by Crippen LogP contribution is 2.51. The summed E-state index contributed by atoms with van der Waals surface area (Å²) in [7, 11) is 9.38. The molecular formula is C38H42N2O6. The van der Waals surface area contributed by atoms with Gasteiger partial charge in [-0.05, 0) is 104 Å². The Morgan fingerprint density at radius 3 is 2.11 bits per heavy atom. The van der Waals surface area contributed by atoms with Crippen molar-refractivity contribution < 1.29 is 28.8 Å². The van der Waals surface area contributed by atoms with Crippen LogP contribution in [0.15, 0.2) is 60.7 Å². The van der Waals surface area contributed by atoms with Crippen molar-refractivity contribution in [3.05, 3.63) is 99.6 Å². The van der Waals surface area contributed by atoms with Crippen LogP contribution < -0.4 is 23.7 Å². The molecule has 0 amide bonds. The molecule has 46 heavy (non-hydrogen) atoms.